The second-order valence-corrected chi connectivity index (χ2v) is 6.00. The highest BCUT2D eigenvalue weighted by atomic mass is 16.5. The van der Waals surface area contributed by atoms with E-state index < -0.39 is 0 Å². The second kappa shape index (κ2) is 14.3. The van der Waals surface area contributed by atoms with Gasteiger partial charge in [0.25, 0.3) is 0 Å². The van der Waals surface area contributed by atoms with Crippen molar-refractivity contribution in [3.8, 4) is 0 Å². The van der Waals surface area contributed by atoms with Gasteiger partial charge in [-0.2, -0.15) is 0 Å². The molecule has 116 valence electrons. The SMILES string of the molecule is CCCCC(C)COCCCOCC(C)CCCC. The lowest BCUT2D eigenvalue weighted by molar-refractivity contribution is 0.0563. The summed E-state index contributed by atoms with van der Waals surface area (Å²) in [6.45, 7) is 12.6. The van der Waals surface area contributed by atoms with Crippen molar-refractivity contribution in [3.63, 3.8) is 0 Å². The Morgan fingerprint density at radius 1 is 0.684 bits per heavy atom. The van der Waals surface area contributed by atoms with Crippen molar-refractivity contribution in [1.29, 1.82) is 0 Å². The number of ether oxygens (including phenoxy) is 2. The lowest BCUT2D eigenvalue weighted by Gasteiger charge is -2.13. The molecular formula is C17H36O2. The first-order valence-electron chi connectivity index (χ1n) is 8.36. The van der Waals surface area contributed by atoms with E-state index in [0.717, 1.165) is 32.8 Å². The normalized spacial score (nSPS) is 14.5. The van der Waals surface area contributed by atoms with Gasteiger partial charge in [-0.3, -0.25) is 0 Å². The molecule has 19 heavy (non-hydrogen) atoms. The number of unbranched alkanes of at least 4 members (excludes halogenated alkanes) is 2. The van der Waals surface area contributed by atoms with Crippen LogP contribution in [0, 0.1) is 11.8 Å². The highest BCUT2D eigenvalue weighted by Gasteiger charge is 2.02. The second-order valence-electron chi connectivity index (χ2n) is 6.00. The molecule has 0 heterocycles. The minimum Gasteiger partial charge on any atom is -0.381 e. The predicted molar refractivity (Wildman–Crippen MR) is 83.6 cm³/mol. The van der Waals surface area contributed by atoms with Gasteiger partial charge in [0.2, 0.25) is 0 Å². The van der Waals surface area contributed by atoms with Crippen molar-refractivity contribution >= 4 is 0 Å². The smallest absolute Gasteiger partial charge is 0.0491 e. The highest BCUT2D eigenvalue weighted by Crippen LogP contribution is 2.09. The first kappa shape index (κ1) is 18.9. The molecule has 0 aromatic heterocycles. The van der Waals surface area contributed by atoms with Gasteiger partial charge in [-0.25, -0.2) is 0 Å². The van der Waals surface area contributed by atoms with E-state index in [9.17, 15) is 0 Å². The first-order valence-corrected chi connectivity index (χ1v) is 8.36. The van der Waals surface area contributed by atoms with E-state index >= 15 is 0 Å². The summed E-state index contributed by atoms with van der Waals surface area (Å²) in [4.78, 5) is 0. The van der Waals surface area contributed by atoms with Gasteiger partial charge < -0.3 is 9.47 Å². The lowest BCUT2D eigenvalue weighted by Crippen LogP contribution is -2.10. The molecule has 2 unspecified atom stereocenters. The van der Waals surface area contributed by atoms with E-state index in [4.69, 9.17) is 9.47 Å². The molecule has 0 radical (unpaired) electrons. The average molecular weight is 272 g/mol. The summed E-state index contributed by atoms with van der Waals surface area (Å²) in [5, 5.41) is 0. The average Bonchev–Trinajstić information content (AvgIpc) is 2.41. The molecule has 0 bridgehead atoms. The molecule has 0 aliphatic rings. The number of rotatable bonds is 14. The molecule has 0 aliphatic heterocycles. The number of hydrogen-bond acceptors (Lipinski definition) is 2. The van der Waals surface area contributed by atoms with Crippen molar-refractivity contribution in [1.82, 2.24) is 0 Å². The zero-order valence-electron chi connectivity index (χ0n) is 13.7. The molecule has 0 fully saturated rings. The maximum Gasteiger partial charge on any atom is 0.0491 e. The summed E-state index contributed by atoms with van der Waals surface area (Å²) in [5.41, 5.74) is 0. The fraction of sp³-hybridized carbons (Fsp3) is 1.00. The maximum absolute atomic E-state index is 5.68. The van der Waals surface area contributed by atoms with Crippen LogP contribution in [-0.2, 0) is 9.47 Å². The van der Waals surface area contributed by atoms with E-state index in [1.54, 1.807) is 0 Å². The van der Waals surface area contributed by atoms with Crippen LogP contribution < -0.4 is 0 Å². The summed E-state index contributed by atoms with van der Waals surface area (Å²) in [6, 6.07) is 0. The first-order chi connectivity index (χ1) is 9.20. The predicted octanol–water partition coefficient (Wildman–Crippen LogP) is 5.06. The fourth-order valence-electron chi connectivity index (χ4n) is 2.10. The van der Waals surface area contributed by atoms with Gasteiger partial charge in [0, 0.05) is 26.4 Å². The minimum absolute atomic E-state index is 0.704. The molecule has 0 aliphatic carbocycles. The summed E-state index contributed by atoms with van der Waals surface area (Å²) < 4.78 is 11.4. The third-order valence-corrected chi connectivity index (χ3v) is 3.48. The molecule has 0 saturated carbocycles. The van der Waals surface area contributed by atoms with Gasteiger partial charge in [0.05, 0.1) is 0 Å². The summed E-state index contributed by atoms with van der Waals surface area (Å²) in [7, 11) is 0. The molecule has 0 spiro atoms. The summed E-state index contributed by atoms with van der Waals surface area (Å²) in [5.74, 6) is 1.41. The van der Waals surface area contributed by atoms with E-state index in [1.807, 2.05) is 0 Å². The van der Waals surface area contributed by atoms with Crippen LogP contribution in [0.25, 0.3) is 0 Å². The Kier molecular flexibility index (Phi) is 14.3. The van der Waals surface area contributed by atoms with Crippen LogP contribution in [0.15, 0.2) is 0 Å². The van der Waals surface area contributed by atoms with E-state index in [2.05, 4.69) is 27.7 Å². The molecule has 0 saturated heterocycles. The summed E-state index contributed by atoms with van der Waals surface area (Å²) >= 11 is 0. The zero-order valence-corrected chi connectivity index (χ0v) is 13.7. The van der Waals surface area contributed by atoms with Crippen molar-refractivity contribution in [2.75, 3.05) is 26.4 Å². The molecular weight excluding hydrogens is 236 g/mol. The Labute approximate surface area is 121 Å². The standard InChI is InChI=1S/C17H36O2/c1-5-7-10-16(3)14-18-12-9-13-19-15-17(4)11-8-6-2/h16-17H,5-15H2,1-4H3. The Bertz CT molecular complexity index is 153. The van der Waals surface area contributed by atoms with Gasteiger partial charge in [-0.1, -0.05) is 53.4 Å². The maximum atomic E-state index is 5.68. The largest absolute Gasteiger partial charge is 0.381 e. The van der Waals surface area contributed by atoms with Gasteiger partial charge in [-0.15, -0.1) is 0 Å². The van der Waals surface area contributed by atoms with Crippen molar-refractivity contribution in [3.05, 3.63) is 0 Å². The van der Waals surface area contributed by atoms with E-state index in [0.29, 0.717) is 11.8 Å². The fourth-order valence-corrected chi connectivity index (χ4v) is 2.10. The molecule has 0 amide bonds. The third-order valence-electron chi connectivity index (χ3n) is 3.48. The Morgan fingerprint density at radius 2 is 1.11 bits per heavy atom. The van der Waals surface area contributed by atoms with Crippen molar-refractivity contribution in [2.45, 2.75) is 72.6 Å². The van der Waals surface area contributed by atoms with Crippen molar-refractivity contribution < 1.29 is 9.47 Å². The Balaban J connectivity index is 3.18. The highest BCUT2D eigenvalue weighted by molar-refractivity contribution is 4.52. The van der Waals surface area contributed by atoms with Crippen LogP contribution in [0.2, 0.25) is 0 Å². The topological polar surface area (TPSA) is 18.5 Å². The van der Waals surface area contributed by atoms with Crippen LogP contribution in [0.5, 0.6) is 0 Å². The molecule has 2 atom stereocenters. The van der Waals surface area contributed by atoms with Crippen LogP contribution in [0.1, 0.15) is 72.6 Å². The van der Waals surface area contributed by atoms with E-state index in [-0.39, 0.29) is 0 Å². The summed E-state index contributed by atoms with van der Waals surface area (Å²) in [6.07, 6.45) is 8.83. The molecule has 0 aromatic carbocycles. The molecule has 2 nitrogen and oxygen atoms in total. The molecule has 0 aromatic rings. The minimum atomic E-state index is 0.704. The quantitative estimate of drug-likeness (QED) is 0.411. The Morgan fingerprint density at radius 3 is 1.47 bits per heavy atom. The van der Waals surface area contributed by atoms with Gasteiger partial charge in [0.1, 0.15) is 0 Å². The van der Waals surface area contributed by atoms with Crippen molar-refractivity contribution in [2.24, 2.45) is 11.8 Å². The lowest BCUT2D eigenvalue weighted by atomic mass is 10.1. The van der Waals surface area contributed by atoms with Crippen LogP contribution in [0.4, 0.5) is 0 Å². The van der Waals surface area contributed by atoms with Gasteiger partial charge >= 0.3 is 0 Å². The molecule has 0 N–H and O–H groups in total. The molecule has 0 rings (SSSR count). The van der Waals surface area contributed by atoms with Crippen LogP contribution in [0.3, 0.4) is 0 Å². The zero-order chi connectivity index (χ0) is 14.3. The third kappa shape index (κ3) is 14.1. The molecule has 2 heteroatoms. The monoisotopic (exact) mass is 272 g/mol. The van der Waals surface area contributed by atoms with Crippen LogP contribution in [-0.4, -0.2) is 26.4 Å². The number of hydrogen-bond donors (Lipinski definition) is 0. The van der Waals surface area contributed by atoms with E-state index in [1.165, 1.54) is 38.5 Å². The van der Waals surface area contributed by atoms with Gasteiger partial charge in [0.15, 0.2) is 0 Å². The Hall–Kier alpha value is -0.0800. The van der Waals surface area contributed by atoms with Crippen LogP contribution >= 0.6 is 0 Å². The van der Waals surface area contributed by atoms with Gasteiger partial charge in [-0.05, 0) is 31.1 Å².